The van der Waals surface area contributed by atoms with Crippen LogP contribution >= 0.6 is 0 Å². The molecule has 0 unspecified atom stereocenters. The van der Waals surface area contributed by atoms with Crippen LogP contribution < -0.4 is 11.1 Å². The number of morpholine rings is 1. The van der Waals surface area contributed by atoms with Crippen molar-refractivity contribution in [1.82, 2.24) is 10.2 Å². The van der Waals surface area contributed by atoms with Crippen LogP contribution in [-0.4, -0.2) is 56.7 Å². The number of ether oxygens (including phenoxy) is 1. The quantitative estimate of drug-likeness (QED) is 0.585. The number of hydrogen-bond donors (Lipinski definition) is 2. The molecule has 0 saturated carbocycles. The second kappa shape index (κ2) is 6.75. The van der Waals surface area contributed by atoms with Crippen molar-refractivity contribution >= 4 is 5.91 Å². The predicted molar refractivity (Wildman–Crippen MR) is 53.9 cm³/mol. The molecule has 1 amide bonds. The average molecular weight is 201 g/mol. The van der Waals surface area contributed by atoms with E-state index in [-0.39, 0.29) is 5.91 Å². The van der Waals surface area contributed by atoms with Crippen molar-refractivity contribution in [2.24, 2.45) is 5.73 Å². The maximum Gasteiger partial charge on any atom is 0.221 e. The van der Waals surface area contributed by atoms with E-state index < -0.39 is 0 Å². The van der Waals surface area contributed by atoms with Crippen LogP contribution in [0.5, 0.6) is 0 Å². The summed E-state index contributed by atoms with van der Waals surface area (Å²) < 4.78 is 5.21. The highest BCUT2D eigenvalue weighted by molar-refractivity contribution is 5.76. The standard InChI is InChI=1S/C9H19N3O2/c10-2-3-11-9(13)1-4-12-5-7-14-8-6-12/h1-8,10H2,(H,11,13). The zero-order valence-corrected chi connectivity index (χ0v) is 8.50. The maximum atomic E-state index is 11.2. The lowest BCUT2D eigenvalue weighted by atomic mass is 10.3. The number of nitrogens with one attached hydrogen (secondary N) is 1. The number of amides is 1. The van der Waals surface area contributed by atoms with Crippen LogP contribution in [0, 0.1) is 0 Å². The van der Waals surface area contributed by atoms with Crippen molar-refractivity contribution in [3.63, 3.8) is 0 Å². The molecule has 0 aliphatic carbocycles. The van der Waals surface area contributed by atoms with Crippen LogP contribution in [-0.2, 0) is 9.53 Å². The third-order valence-corrected chi connectivity index (χ3v) is 2.23. The highest BCUT2D eigenvalue weighted by atomic mass is 16.5. The van der Waals surface area contributed by atoms with E-state index in [1.54, 1.807) is 0 Å². The first-order chi connectivity index (χ1) is 6.83. The Hall–Kier alpha value is -0.650. The highest BCUT2D eigenvalue weighted by Crippen LogP contribution is 1.97. The summed E-state index contributed by atoms with van der Waals surface area (Å²) in [6, 6.07) is 0. The molecule has 1 fully saturated rings. The van der Waals surface area contributed by atoms with Gasteiger partial charge in [-0.1, -0.05) is 0 Å². The minimum absolute atomic E-state index is 0.0851. The van der Waals surface area contributed by atoms with Crippen LogP contribution in [0.4, 0.5) is 0 Å². The molecule has 1 heterocycles. The molecule has 1 saturated heterocycles. The van der Waals surface area contributed by atoms with Gasteiger partial charge in [0.05, 0.1) is 13.2 Å². The van der Waals surface area contributed by atoms with Crippen molar-refractivity contribution in [3.05, 3.63) is 0 Å². The van der Waals surface area contributed by atoms with Gasteiger partial charge in [0.25, 0.3) is 0 Å². The maximum absolute atomic E-state index is 11.2. The molecule has 0 aromatic heterocycles. The molecule has 5 heteroatoms. The first-order valence-electron chi connectivity index (χ1n) is 5.10. The number of nitrogens with two attached hydrogens (primary N) is 1. The van der Waals surface area contributed by atoms with Crippen molar-refractivity contribution in [1.29, 1.82) is 0 Å². The SMILES string of the molecule is NCCNC(=O)CCN1CCOCC1. The zero-order valence-electron chi connectivity index (χ0n) is 8.50. The van der Waals surface area contributed by atoms with Crippen LogP contribution in [0.2, 0.25) is 0 Å². The third-order valence-electron chi connectivity index (χ3n) is 2.23. The Balaban J connectivity index is 2.03. The summed E-state index contributed by atoms with van der Waals surface area (Å²) >= 11 is 0. The molecule has 1 aliphatic heterocycles. The monoisotopic (exact) mass is 201 g/mol. The van der Waals surface area contributed by atoms with Crippen LogP contribution in [0.15, 0.2) is 0 Å². The molecule has 0 radical (unpaired) electrons. The molecule has 3 N–H and O–H groups in total. The first-order valence-corrected chi connectivity index (χ1v) is 5.10. The van der Waals surface area contributed by atoms with Gasteiger partial charge >= 0.3 is 0 Å². The van der Waals surface area contributed by atoms with E-state index in [0.717, 1.165) is 32.8 Å². The van der Waals surface area contributed by atoms with Gasteiger partial charge < -0.3 is 15.8 Å². The fraction of sp³-hybridized carbons (Fsp3) is 0.889. The van der Waals surface area contributed by atoms with Gasteiger partial charge in [0.15, 0.2) is 0 Å². The number of rotatable bonds is 5. The Morgan fingerprint density at radius 3 is 2.79 bits per heavy atom. The van der Waals surface area contributed by atoms with Crippen LogP contribution in [0.3, 0.4) is 0 Å². The topological polar surface area (TPSA) is 67.6 Å². The number of hydrogen-bond acceptors (Lipinski definition) is 4. The Morgan fingerprint density at radius 2 is 2.14 bits per heavy atom. The second-order valence-electron chi connectivity index (χ2n) is 3.34. The zero-order chi connectivity index (χ0) is 10.2. The van der Waals surface area contributed by atoms with E-state index in [1.807, 2.05) is 0 Å². The lowest BCUT2D eigenvalue weighted by molar-refractivity contribution is -0.121. The van der Waals surface area contributed by atoms with Gasteiger partial charge in [-0.2, -0.15) is 0 Å². The summed E-state index contributed by atoms with van der Waals surface area (Å²) in [5, 5.41) is 2.75. The van der Waals surface area contributed by atoms with E-state index in [1.165, 1.54) is 0 Å². The summed E-state index contributed by atoms with van der Waals surface area (Å²) in [6.45, 7) is 5.33. The smallest absolute Gasteiger partial charge is 0.221 e. The average Bonchev–Trinajstić information content (AvgIpc) is 2.25. The van der Waals surface area contributed by atoms with Crippen LogP contribution in [0.1, 0.15) is 6.42 Å². The Bertz CT molecular complexity index is 169. The van der Waals surface area contributed by atoms with Crippen LogP contribution in [0.25, 0.3) is 0 Å². The van der Waals surface area contributed by atoms with E-state index >= 15 is 0 Å². The number of carbonyl (C=O) groups is 1. The molecular formula is C9H19N3O2. The summed E-state index contributed by atoms with van der Waals surface area (Å²) in [6.07, 6.45) is 0.556. The molecule has 1 aliphatic rings. The molecule has 1 rings (SSSR count). The van der Waals surface area contributed by atoms with E-state index in [4.69, 9.17) is 10.5 Å². The summed E-state index contributed by atoms with van der Waals surface area (Å²) in [7, 11) is 0. The highest BCUT2D eigenvalue weighted by Gasteiger charge is 2.11. The molecule has 82 valence electrons. The molecule has 0 bridgehead atoms. The van der Waals surface area contributed by atoms with Gasteiger partial charge in [0, 0.05) is 39.1 Å². The predicted octanol–water partition coefficient (Wildman–Crippen LogP) is -1.22. The normalized spacial score (nSPS) is 18.1. The lowest BCUT2D eigenvalue weighted by Crippen LogP contribution is -2.39. The summed E-state index contributed by atoms with van der Waals surface area (Å²) in [5.41, 5.74) is 5.27. The van der Waals surface area contributed by atoms with Crippen molar-refractivity contribution in [2.75, 3.05) is 45.9 Å². The molecule has 14 heavy (non-hydrogen) atoms. The largest absolute Gasteiger partial charge is 0.379 e. The Labute approximate surface area is 84.6 Å². The fourth-order valence-corrected chi connectivity index (χ4v) is 1.38. The van der Waals surface area contributed by atoms with Gasteiger partial charge in [-0.05, 0) is 0 Å². The molecule has 0 atom stereocenters. The minimum atomic E-state index is 0.0851. The van der Waals surface area contributed by atoms with E-state index in [0.29, 0.717) is 19.5 Å². The summed E-state index contributed by atoms with van der Waals surface area (Å²) in [5.74, 6) is 0.0851. The Kier molecular flexibility index (Phi) is 5.51. The number of nitrogens with zero attached hydrogens (tertiary/aromatic N) is 1. The Morgan fingerprint density at radius 1 is 1.43 bits per heavy atom. The van der Waals surface area contributed by atoms with E-state index in [9.17, 15) is 4.79 Å². The van der Waals surface area contributed by atoms with Crippen molar-refractivity contribution in [3.8, 4) is 0 Å². The molecule has 0 aromatic carbocycles. The fourth-order valence-electron chi connectivity index (χ4n) is 1.38. The van der Waals surface area contributed by atoms with Gasteiger partial charge in [-0.3, -0.25) is 9.69 Å². The molecule has 0 spiro atoms. The van der Waals surface area contributed by atoms with Crippen molar-refractivity contribution < 1.29 is 9.53 Å². The molecule has 0 aromatic rings. The number of carbonyl (C=O) groups excluding carboxylic acids is 1. The minimum Gasteiger partial charge on any atom is -0.379 e. The van der Waals surface area contributed by atoms with E-state index in [2.05, 4.69) is 10.2 Å². The molecular weight excluding hydrogens is 182 g/mol. The first kappa shape index (κ1) is 11.4. The third kappa shape index (κ3) is 4.55. The van der Waals surface area contributed by atoms with Gasteiger partial charge in [0.1, 0.15) is 0 Å². The van der Waals surface area contributed by atoms with Crippen molar-refractivity contribution in [2.45, 2.75) is 6.42 Å². The van der Waals surface area contributed by atoms with Gasteiger partial charge in [0.2, 0.25) is 5.91 Å². The van der Waals surface area contributed by atoms with Gasteiger partial charge in [-0.25, -0.2) is 0 Å². The second-order valence-corrected chi connectivity index (χ2v) is 3.34. The van der Waals surface area contributed by atoms with Gasteiger partial charge in [-0.15, -0.1) is 0 Å². The lowest BCUT2D eigenvalue weighted by Gasteiger charge is -2.26. The molecule has 5 nitrogen and oxygen atoms in total. The summed E-state index contributed by atoms with van der Waals surface area (Å²) in [4.78, 5) is 13.5.